The highest BCUT2D eigenvalue weighted by Crippen LogP contribution is 2.28. The Morgan fingerprint density at radius 1 is 1.09 bits per heavy atom. The zero-order valence-electron chi connectivity index (χ0n) is 15.4. The Hall–Kier alpha value is -0.770. The van der Waals surface area contributed by atoms with Crippen molar-refractivity contribution in [1.29, 1.82) is 0 Å². The summed E-state index contributed by atoms with van der Waals surface area (Å²) in [5.41, 5.74) is -0.401. The maximum atomic E-state index is 12.3. The van der Waals surface area contributed by atoms with Crippen LogP contribution in [-0.4, -0.2) is 42.3 Å². The maximum absolute atomic E-state index is 12.3. The summed E-state index contributed by atoms with van der Waals surface area (Å²) < 4.78 is 5.53. The van der Waals surface area contributed by atoms with Crippen LogP contribution in [0.1, 0.15) is 78.6 Å². The summed E-state index contributed by atoms with van der Waals surface area (Å²) in [7, 11) is 0. The highest BCUT2D eigenvalue weighted by Gasteiger charge is 2.34. The molecule has 0 bridgehead atoms. The fourth-order valence-electron chi connectivity index (χ4n) is 3.38. The molecule has 2 aliphatic carbocycles. The summed E-state index contributed by atoms with van der Waals surface area (Å²) in [5, 5.41) is 3.61. The van der Waals surface area contributed by atoms with Gasteiger partial charge in [-0.25, -0.2) is 4.79 Å². The van der Waals surface area contributed by atoms with Crippen molar-refractivity contribution < 1.29 is 9.53 Å². The van der Waals surface area contributed by atoms with Gasteiger partial charge in [-0.1, -0.05) is 25.7 Å². The molecule has 2 saturated carbocycles. The molecule has 0 unspecified atom stereocenters. The molecule has 2 aliphatic rings. The summed E-state index contributed by atoms with van der Waals surface area (Å²) in [6, 6.07) is 0.423. The van der Waals surface area contributed by atoms with Crippen LogP contribution < -0.4 is 5.32 Å². The number of amides is 1. The molecule has 0 atom stereocenters. The first kappa shape index (κ1) is 18.6. The third-order valence-electron chi connectivity index (χ3n) is 4.78. The van der Waals surface area contributed by atoms with Crippen molar-refractivity contribution in [2.24, 2.45) is 5.92 Å². The summed E-state index contributed by atoms with van der Waals surface area (Å²) in [5.74, 6) is 0.864. The fraction of sp³-hybridized carbons (Fsp3) is 0.947. The van der Waals surface area contributed by atoms with Gasteiger partial charge in [0.05, 0.1) is 0 Å². The van der Waals surface area contributed by atoms with Crippen LogP contribution in [0.4, 0.5) is 4.79 Å². The van der Waals surface area contributed by atoms with E-state index in [-0.39, 0.29) is 6.09 Å². The van der Waals surface area contributed by atoms with Crippen LogP contribution in [0.15, 0.2) is 0 Å². The van der Waals surface area contributed by atoms with Gasteiger partial charge in [0.1, 0.15) is 5.60 Å². The molecule has 0 radical (unpaired) electrons. The predicted octanol–water partition coefficient (Wildman–Crippen LogP) is 4.34. The minimum atomic E-state index is -0.401. The average molecular weight is 325 g/mol. The highest BCUT2D eigenvalue weighted by molar-refractivity contribution is 5.69. The van der Waals surface area contributed by atoms with Crippen LogP contribution in [0.3, 0.4) is 0 Å². The molecular weight excluding hydrogens is 288 g/mol. The molecule has 1 N–H and O–H groups in total. The first-order valence-electron chi connectivity index (χ1n) is 9.66. The molecule has 0 saturated heterocycles. The third-order valence-corrected chi connectivity index (χ3v) is 4.78. The van der Waals surface area contributed by atoms with Crippen molar-refractivity contribution in [3.63, 3.8) is 0 Å². The molecule has 0 aliphatic heterocycles. The molecule has 0 aromatic heterocycles. The number of nitrogens with zero attached hydrogens (tertiary/aromatic N) is 1. The van der Waals surface area contributed by atoms with Gasteiger partial charge in [-0.2, -0.15) is 0 Å². The van der Waals surface area contributed by atoms with Gasteiger partial charge >= 0.3 is 6.09 Å². The lowest BCUT2D eigenvalue weighted by Gasteiger charge is -2.27. The highest BCUT2D eigenvalue weighted by atomic mass is 16.6. The average Bonchev–Trinajstić information content (AvgIpc) is 3.28. The second-order valence-electron chi connectivity index (χ2n) is 8.32. The number of nitrogens with one attached hydrogen (secondary N) is 1. The van der Waals surface area contributed by atoms with E-state index >= 15 is 0 Å². The number of hydrogen-bond donors (Lipinski definition) is 1. The van der Waals surface area contributed by atoms with Crippen molar-refractivity contribution in [3.05, 3.63) is 0 Å². The Kier molecular flexibility index (Phi) is 7.19. The number of ether oxygens (including phenoxy) is 1. The Balaban J connectivity index is 1.61. The van der Waals surface area contributed by atoms with Crippen LogP contribution in [0, 0.1) is 5.92 Å². The molecule has 0 spiro atoms. The molecule has 4 heteroatoms. The van der Waals surface area contributed by atoms with E-state index in [1.165, 1.54) is 38.5 Å². The predicted molar refractivity (Wildman–Crippen MR) is 94.6 cm³/mol. The first-order valence-corrected chi connectivity index (χ1v) is 9.66. The normalized spacial score (nSPS) is 20.1. The van der Waals surface area contributed by atoms with E-state index in [0.29, 0.717) is 6.04 Å². The van der Waals surface area contributed by atoms with E-state index in [2.05, 4.69) is 5.32 Å². The van der Waals surface area contributed by atoms with Crippen molar-refractivity contribution >= 4 is 6.09 Å². The Morgan fingerprint density at radius 3 is 2.30 bits per heavy atom. The standard InChI is InChI=1S/C19H36N2O2/c1-19(2,3)23-18(22)21(17-11-12-17)14-8-13-20-15-16-9-6-4-5-7-10-16/h16-17,20H,4-15H2,1-3H3. The minimum absolute atomic E-state index is 0.135. The molecule has 134 valence electrons. The molecule has 0 aromatic carbocycles. The lowest BCUT2D eigenvalue weighted by Crippen LogP contribution is -2.39. The second-order valence-corrected chi connectivity index (χ2v) is 8.32. The molecule has 0 heterocycles. The Morgan fingerprint density at radius 2 is 1.74 bits per heavy atom. The van der Waals surface area contributed by atoms with Gasteiger partial charge in [0.25, 0.3) is 0 Å². The lowest BCUT2D eigenvalue weighted by atomic mass is 10.0. The van der Waals surface area contributed by atoms with Gasteiger partial charge in [0, 0.05) is 12.6 Å². The minimum Gasteiger partial charge on any atom is -0.444 e. The van der Waals surface area contributed by atoms with Crippen molar-refractivity contribution in [3.8, 4) is 0 Å². The van der Waals surface area contributed by atoms with Crippen LogP contribution in [-0.2, 0) is 4.74 Å². The third kappa shape index (κ3) is 7.56. The molecule has 2 rings (SSSR count). The Bertz CT molecular complexity index is 353. The van der Waals surface area contributed by atoms with Gasteiger partial charge in [0.2, 0.25) is 0 Å². The van der Waals surface area contributed by atoms with Gasteiger partial charge in [0.15, 0.2) is 0 Å². The molecule has 2 fully saturated rings. The summed E-state index contributed by atoms with van der Waals surface area (Å²) >= 11 is 0. The van der Waals surface area contributed by atoms with Crippen molar-refractivity contribution in [2.75, 3.05) is 19.6 Å². The van der Waals surface area contributed by atoms with E-state index in [1.807, 2.05) is 25.7 Å². The van der Waals surface area contributed by atoms with Crippen LogP contribution >= 0.6 is 0 Å². The van der Waals surface area contributed by atoms with Crippen molar-refractivity contribution in [2.45, 2.75) is 90.2 Å². The molecule has 0 aromatic rings. The van der Waals surface area contributed by atoms with E-state index in [1.54, 1.807) is 0 Å². The topological polar surface area (TPSA) is 41.6 Å². The molecule has 23 heavy (non-hydrogen) atoms. The van der Waals surface area contributed by atoms with Crippen LogP contribution in [0.5, 0.6) is 0 Å². The van der Waals surface area contributed by atoms with E-state index in [9.17, 15) is 4.79 Å². The zero-order chi connectivity index (χ0) is 16.7. The Labute approximate surface area is 142 Å². The lowest BCUT2D eigenvalue weighted by molar-refractivity contribution is 0.0232. The fourth-order valence-corrected chi connectivity index (χ4v) is 3.38. The summed E-state index contributed by atoms with van der Waals surface area (Å²) in [4.78, 5) is 14.2. The number of rotatable bonds is 7. The van der Waals surface area contributed by atoms with Crippen LogP contribution in [0.25, 0.3) is 0 Å². The largest absolute Gasteiger partial charge is 0.444 e. The van der Waals surface area contributed by atoms with Gasteiger partial charge in [-0.15, -0.1) is 0 Å². The first-order chi connectivity index (χ1) is 11.0. The molecule has 4 nitrogen and oxygen atoms in total. The van der Waals surface area contributed by atoms with E-state index in [4.69, 9.17) is 4.74 Å². The summed E-state index contributed by atoms with van der Waals surface area (Å²) in [6.07, 6.45) is 11.6. The van der Waals surface area contributed by atoms with Gasteiger partial charge in [-0.05, 0) is 71.9 Å². The van der Waals surface area contributed by atoms with Gasteiger partial charge < -0.3 is 15.0 Å². The zero-order valence-corrected chi connectivity index (χ0v) is 15.4. The smallest absolute Gasteiger partial charge is 0.410 e. The molecular formula is C19H36N2O2. The number of carbonyl (C=O) groups is 1. The van der Waals surface area contributed by atoms with Crippen molar-refractivity contribution in [1.82, 2.24) is 10.2 Å². The van der Waals surface area contributed by atoms with Gasteiger partial charge in [-0.3, -0.25) is 0 Å². The van der Waals surface area contributed by atoms with E-state index < -0.39 is 5.60 Å². The maximum Gasteiger partial charge on any atom is 0.410 e. The molecule has 1 amide bonds. The quantitative estimate of drug-likeness (QED) is 0.559. The number of hydrogen-bond acceptors (Lipinski definition) is 3. The summed E-state index contributed by atoms with van der Waals surface area (Å²) in [6.45, 7) is 8.77. The number of carbonyl (C=O) groups excluding carboxylic acids is 1. The SMILES string of the molecule is CC(C)(C)OC(=O)N(CCCNCC1CCCCCC1)C1CC1. The van der Waals surface area contributed by atoms with E-state index in [0.717, 1.165) is 44.8 Å². The second kappa shape index (κ2) is 8.91. The monoisotopic (exact) mass is 324 g/mol. The van der Waals surface area contributed by atoms with Crippen LogP contribution in [0.2, 0.25) is 0 Å².